The van der Waals surface area contributed by atoms with Crippen molar-refractivity contribution in [2.45, 2.75) is 24.4 Å². The molecule has 4 unspecified atom stereocenters. The van der Waals surface area contributed by atoms with Gasteiger partial charge in [-0.2, -0.15) is 0 Å². The number of thioether (sulfide) groups is 1. The molecule has 0 amide bonds. The molecular weight excluding hydrogens is 182 g/mol. The van der Waals surface area contributed by atoms with Crippen LogP contribution >= 0.6 is 11.8 Å². The molecule has 1 fully saturated rings. The van der Waals surface area contributed by atoms with Crippen LogP contribution in [0.4, 0.5) is 0 Å². The normalized spacial score (nSPS) is 40.9. The number of hydrogen-bond acceptors (Lipinski definition) is 4. The second kappa shape index (κ2) is 3.28. The summed E-state index contributed by atoms with van der Waals surface area (Å²) in [4.78, 5) is 1.34. The Morgan fingerprint density at radius 3 is 2.62 bits per heavy atom. The third kappa shape index (κ3) is 1.52. The molecule has 5 atom stereocenters. The van der Waals surface area contributed by atoms with Crippen molar-refractivity contribution in [3.8, 4) is 0 Å². The Kier molecular flexibility index (Phi) is 2.40. The second-order valence-electron chi connectivity index (χ2n) is 3.91. The van der Waals surface area contributed by atoms with Gasteiger partial charge in [0.15, 0.2) is 0 Å². The number of fused-ring (bicyclic) bond motifs is 1. The van der Waals surface area contributed by atoms with Crippen LogP contribution in [0.2, 0.25) is 0 Å². The largest absolute Gasteiger partial charge is 0.324 e. The molecule has 0 bridgehead atoms. The van der Waals surface area contributed by atoms with Crippen molar-refractivity contribution in [2.75, 3.05) is 7.05 Å². The van der Waals surface area contributed by atoms with Crippen molar-refractivity contribution < 1.29 is 0 Å². The molecule has 0 radical (unpaired) electrons. The Balaban J connectivity index is 1.95. The van der Waals surface area contributed by atoms with E-state index in [9.17, 15) is 0 Å². The molecule has 1 saturated carbocycles. The number of nitrogens with two attached hydrogens (primary N) is 2. The lowest BCUT2D eigenvalue weighted by Gasteiger charge is -2.13. The summed E-state index contributed by atoms with van der Waals surface area (Å²) in [5, 5.41) is 3.80. The molecule has 13 heavy (non-hydrogen) atoms. The fourth-order valence-electron chi connectivity index (χ4n) is 1.97. The van der Waals surface area contributed by atoms with E-state index in [1.54, 1.807) is 0 Å². The van der Waals surface area contributed by atoms with E-state index in [1.165, 1.54) is 4.91 Å². The maximum atomic E-state index is 5.91. The van der Waals surface area contributed by atoms with E-state index in [0.717, 1.165) is 0 Å². The first-order valence-corrected chi connectivity index (χ1v) is 5.60. The van der Waals surface area contributed by atoms with Crippen LogP contribution in [0.15, 0.2) is 11.0 Å². The molecule has 1 aliphatic carbocycles. The summed E-state index contributed by atoms with van der Waals surface area (Å²) in [5.41, 5.74) is 11.7. The van der Waals surface area contributed by atoms with Crippen molar-refractivity contribution in [3.63, 3.8) is 0 Å². The first-order valence-electron chi connectivity index (χ1n) is 4.72. The van der Waals surface area contributed by atoms with Crippen LogP contribution < -0.4 is 16.8 Å². The van der Waals surface area contributed by atoms with Gasteiger partial charge in [-0.3, -0.25) is 0 Å². The van der Waals surface area contributed by atoms with Crippen LogP contribution in [-0.4, -0.2) is 24.5 Å². The summed E-state index contributed by atoms with van der Waals surface area (Å²) in [6.45, 7) is 2.04. The standard InChI is InChI=1S/C9H17N3S/c1-4(10)6-3-5-7(8(5)13-6)9(11)12-2/h3-5,7-9,12H,10-11H2,1-2H3/t4-,5?,7?,8?,9?/m1/s1. The number of nitrogens with one attached hydrogen (secondary N) is 1. The van der Waals surface area contributed by atoms with Crippen LogP contribution in [0.3, 0.4) is 0 Å². The van der Waals surface area contributed by atoms with E-state index < -0.39 is 0 Å². The minimum Gasteiger partial charge on any atom is -0.324 e. The Hall–Kier alpha value is -0.0300. The maximum Gasteiger partial charge on any atom is 0.0590 e. The first-order chi connectivity index (χ1) is 6.15. The second-order valence-corrected chi connectivity index (χ2v) is 5.16. The molecule has 5 N–H and O–H groups in total. The van der Waals surface area contributed by atoms with Crippen molar-refractivity contribution >= 4 is 11.8 Å². The molecule has 0 spiro atoms. The summed E-state index contributed by atoms with van der Waals surface area (Å²) in [7, 11) is 1.92. The van der Waals surface area contributed by atoms with Gasteiger partial charge in [-0.15, -0.1) is 11.8 Å². The molecule has 1 aliphatic heterocycles. The maximum absolute atomic E-state index is 5.91. The molecule has 0 saturated heterocycles. The van der Waals surface area contributed by atoms with Gasteiger partial charge >= 0.3 is 0 Å². The minimum absolute atomic E-state index is 0.147. The van der Waals surface area contributed by atoms with Crippen molar-refractivity contribution in [3.05, 3.63) is 11.0 Å². The fraction of sp³-hybridized carbons (Fsp3) is 0.778. The predicted molar refractivity (Wildman–Crippen MR) is 57.1 cm³/mol. The number of rotatable bonds is 3. The quantitative estimate of drug-likeness (QED) is 0.563. The lowest BCUT2D eigenvalue weighted by atomic mass is 10.2. The van der Waals surface area contributed by atoms with Crippen LogP contribution in [0.5, 0.6) is 0 Å². The smallest absolute Gasteiger partial charge is 0.0590 e. The minimum atomic E-state index is 0.147. The Labute approximate surface area is 83.3 Å². The van der Waals surface area contributed by atoms with Crippen molar-refractivity contribution in [2.24, 2.45) is 23.3 Å². The van der Waals surface area contributed by atoms with E-state index in [-0.39, 0.29) is 12.2 Å². The zero-order chi connectivity index (χ0) is 9.59. The third-order valence-corrected chi connectivity index (χ3v) is 4.57. The SMILES string of the molecule is CNC(N)C1C2C=C([C@@H](C)N)SC21. The van der Waals surface area contributed by atoms with Gasteiger partial charge in [0.2, 0.25) is 0 Å². The van der Waals surface area contributed by atoms with E-state index in [2.05, 4.69) is 11.4 Å². The Bertz CT molecular complexity index is 239. The van der Waals surface area contributed by atoms with Gasteiger partial charge < -0.3 is 16.8 Å². The molecule has 1 heterocycles. The molecule has 3 nitrogen and oxygen atoms in total. The predicted octanol–water partition coefficient (Wildman–Crippen LogP) is 0.0831. The van der Waals surface area contributed by atoms with E-state index in [1.807, 2.05) is 25.7 Å². The highest BCUT2D eigenvalue weighted by Crippen LogP contribution is 2.58. The van der Waals surface area contributed by atoms with E-state index >= 15 is 0 Å². The molecule has 74 valence electrons. The summed E-state index contributed by atoms with van der Waals surface area (Å²) < 4.78 is 0. The summed E-state index contributed by atoms with van der Waals surface area (Å²) in [6, 6.07) is 0.198. The monoisotopic (exact) mass is 199 g/mol. The molecular formula is C9H17N3S. The first kappa shape index (κ1) is 9.52. The molecule has 4 heteroatoms. The topological polar surface area (TPSA) is 64.1 Å². The average Bonchev–Trinajstić information content (AvgIpc) is 2.58. The zero-order valence-electron chi connectivity index (χ0n) is 8.03. The summed E-state index contributed by atoms with van der Waals surface area (Å²) in [5.74, 6) is 1.30. The van der Waals surface area contributed by atoms with Gasteiger partial charge in [0.25, 0.3) is 0 Å². The fourth-order valence-corrected chi connectivity index (χ4v) is 3.57. The van der Waals surface area contributed by atoms with Gasteiger partial charge in [0.05, 0.1) is 6.17 Å². The highest BCUT2D eigenvalue weighted by atomic mass is 32.2. The average molecular weight is 199 g/mol. The van der Waals surface area contributed by atoms with E-state index in [4.69, 9.17) is 11.5 Å². The molecule has 0 aromatic rings. The van der Waals surface area contributed by atoms with Crippen molar-refractivity contribution in [1.82, 2.24) is 5.32 Å². The Morgan fingerprint density at radius 1 is 1.54 bits per heavy atom. The lowest BCUT2D eigenvalue weighted by molar-refractivity contribution is 0.507. The van der Waals surface area contributed by atoms with Crippen LogP contribution in [0.1, 0.15) is 6.92 Å². The summed E-state index contributed by atoms with van der Waals surface area (Å²) >= 11 is 1.92. The van der Waals surface area contributed by atoms with Gasteiger partial charge in [-0.05, 0) is 24.8 Å². The molecule has 0 aromatic carbocycles. The van der Waals surface area contributed by atoms with Crippen LogP contribution in [-0.2, 0) is 0 Å². The molecule has 2 aliphatic rings. The van der Waals surface area contributed by atoms with Gasteiger partial charge in [0, 0.05) is 17.2 Å². The highest BCUT2D eigenvalue weighted by Gasteiger charge is 2.55. The van der Waals surface area contributed by atoms with Gasteiger partial charge in [-0.1, -0.05) is 6.08 Å². The molecule has 0 aromatic heterocycles. The van der Waals surface area contributed by atoms with Gasteiger partial charge in [0.1, 0.15) is 0 Å². The lowest BCUT2D eigenvalue weighted by Crippen LogP contribution is -2.38. The Morgan fingerprint density at radius 2 is 2.23 bits per heavy atom. The summed E-state index contributed by atoms with van der Waals surface area (Å²) in [6.07, 6.45) is 2.45. The van der Waals surface area contributed by atoms with Gasteiger partial charge in [-0.25, -0.2) is 0 Å². The third-order valence-electron chi connectivity index (χ3n) is 2.89. The van der Waals surface area contributed by atoms with Crippen LogP contribution in [0.25, 0.3) is 0 Å². The van der Waals surface area contributed by atoms with E-state index in [0.29, 0.717) is 17.1 Å². The molecule has 2 rings (SSSR count). The zero-order valence-corrected chi connectivity index (χ0v) is 8.84. The van der Waals surface area contributed by atoms with Crippen LogP contribution in [0, 0.1) is 11.8 Å². The number of allylic oxidation sites excluding steroid dienone is 1. The van der Waals surface area contributed by atoms with Crippen molar-refractivity contribution in [1.29, 1.82) is 0 Å². The highest BCUT2D eigenvalue weighted by molar-refractivity contribution is 8.04. The number of hydrogen-bond donors (Lipinski definition) is 3.